The predicted octanol–water partition coefficient (Wildman–Crippen LogP) is 2.09. The van der Waals surface area contributed by atoms with Gasteiger partial charge in [-0.25, -0.2) is 4.98 Å². The number of aryl methyl sites for hydroxylation is 2. The van der Waals surface area contributed by atoms with Crippen molar-refractivity contribution in [1.29, 1.82) is 0 Å². The Balaban J connectivity index is 1.69. The van der Waals surface area contributed by atoms with Gasteiger partial charge in [0.05, 0.1) is 13.3 Å². The van der Waals surface area contributed by atoms with Gasteiger partial charge in [0.15, 0.2) is 0 Å². The van der Waals surface area contributed by atoms with Crippen LogP contribution in [0.2, 0.25) is 0 Å². The van der Waals surface area contributed by atoms with Crippen LogP contribution in [0.25, 0.3) is 0 Å². The molecule has 1 saturated heterocycles. The molecule has 1 aromatic carbocycles. The number of benzene rings is 1. The maximum absolute atomic E-state index is 13.4. The molecule has 0 bridgehead atoms. The third kappa shape index (κ3) is 3.87. The molecule has 132 valence electrons. The van der Waals surface area contributed by atoms with Crippen molar-refractivity contribution in [3.05, 3.63) is 46.9 Å². The lowest BCUT2D eigenvalue weighted by atomic mass is 10.1. The summed E-state index contributed by atoms with van der Waals surface area (Å²) in [6.45, 7) is 6.01. The normalized spacial score (nSPS) is 14.8. The van der Waals surface area contributed by atoms with Crippen LogP contribution in [0.15, 0.2) is 24.4 Å². The Labute approximate surface area is 146 Å². The summed E-state index contributed by atoms with van der Waals surface area (Å²) in [6.07, 6.45) is 1.06. The average molecular weight is 344 g/mol. The number of anilines is 1. The SMILES string of the molecule is COc1nc(N2CCN(Cc3cc(C)cc(C)c3)C(=O)C2)ncc1F. The van der Waals surface area contributed by atoms with Gasteiger partial charge in [-0.05, 0) is 19.4 Å². The molecule has 1 amide bonds. The van der Waals surface area contributed by atoms with Gasteiger partial charge in [-0.3, -0.25) is 4.79 Å². The van der Waals surface area contributed by atoms with Gasteiger partial charge in [-0.1, -0.05) is 29.3 Å². The molecule has 1 aliphatic rings. The first kappa shape index (κ1) is 17.1. The number of carbonyl (C=O) groups excluding carboxylic acids is 1. The lowest BCUT2D eigenvalue weighted by Crippen LogP contribution is -2.50. The Kier molecular flexibility index (Phi) is 4.83. The summed E-state index contributed by atoms with van der Waals surface area (Å²) in [4.78, 5) is 24.1. The molecule has 1 aromatic heterocycles. The fourth-order valence-corrected chi connectivity index (χ4v) is 3.07. The number of amides is 1. The number of piperazine rings is 1. The third-order valence-electron chi connectivity index (χ3n) is 4.15. The standard InChI is InChI=1S/C18H21FN4O2/c1-12-6-13(2)8-14(7-12)10-22-4-5-23(11-16(22)24)18-20-9-15(19)17(21-18)25-3/h6-9H,4-5,10-11H2,1-3H3. The number of hydrogen-bond acceptors (Lipinski definition) is 5. The highest BCUT2D eigenvalue weighted by Crippen LogP contribution is 2.19. The van der Waals surface area contributed by atoms with Gasteiger partial charge >= 0.3 is 0 Å². The van der Waals surface area contributed by atoms with E-state index in [2.05, 4.69) is 42.0 Å². The monoisotopic (exact) mass is 344 g/mol. The van der Waals surface area contributed by atoms with Gasteiger partial charge in [-0.15, -0.1) is 0 Å². The summed E-state index contributed by atoms with van der Waals surface area (Å²) in [5, 5.41) is 0. The van der Waals surface area contributed by atoms with Crippen molar-refractivity contribution in [3.63, 3.8) is 0 Å². The fraction of sp³-hybridized carbons (Fsp3) is 0.389. The quantitative estimate of drug-likeness (QED) is 0.850. The highest BCUT2D eigenvalue weighted by Gasteiger charge is 2.26. The number of carbonyl (C=O) groups is 1. The molecule has 0 N–H and O–H groups in total. The van der Waals surface area contributed by atoms with Crippen LogP contribution in [0, 0.1) is 19.7 Å². The summed E-state index contributed by atoms with van der Waals surface area (Å²) < 4.78 is 18.3. The molecule has 0 unspecified atom stereocenters. The zero-order valence-corrected chi connectivity index (χ0v) is 14.6. The van der Waals surface area contributed by atoms with E-state index in [1.807, 2.05) is 4.90 Å². The van der Waals surface area contributed by atoms with E-state index in [-0.39, 0.29) is 18.3 Å². The van der Waals surface area contributed by atoms with E-state index in [9.17, 15) is 9.18 Å². The van der Waals surface area contributed by atoms with Crippen molar-refractivity contribution in [2.75, 3.05) is 31.6 Å². The highest BCUT2D eigenvalue weighted by molar-refractivity contribution is 5.82. The van der Waals surface area contributed by atoms with Crippen LogP contribution in [0.1, 0.15) is 16.7 Å². The molecule has 7 heteroatoms. The van der Waals surface area contributed by atoms with E-state index in [1.165, 1.54) is 18.2 Å². The minimum Gasteiger partial charge on any atom is -0.479 e. The van der Waals surface area contributed by atoms with Crippen LogP contribution >= 0.6 is 0 Å². The maximum atomic E-state index is 13.4. The molecule has 0 aliphatic carbocycles. The smallest absolute Gasteiger partial charge is 0.255 e. The van der Waals surface area contributed by atoms with Crippen molar-refractivity contribution in [2.45, 2.75) is 20.4 Å². The molecule has 0 saturated carbocycles. The number of nitrogens with zero attached hydrogens (tertiary/aromatic N) is 4. The summed E-state index contributed by atoms with van der Waals surface area (Å²) in [7, 11) is 1.35. The van der Waals surface area contributed by atoms with Gasteiger partial charge in [0.25, 0.3) is 5.88 Å². The molecule has 0 radical (unpaired) electrons. The molecular formula is C18H21FN4O2. The Morgan fingerprint density at radius 3 is 2.56 bits per heavy atom. The number of ether oxygens (including phenoxy) is 1. The van der Waals surface area contributed by atoms with Gasteiger partial charge in [-0.2, -0.15) is 9.37 Å². The lowest BCUT2D eigenvalue weighted by Gasteiger charge is -2.34. The molecule has 6 nitrogen and oxygen atoms in total. The van der Waals surface area contributed by atoms with Crippen LogP contribution < -0.4 is 9.64 Å². The summed E-state index contributed by atoms with van der Waals surface area (Å²) in [5.41, 5.74) is 3.50. The lowest BCUT2D eigenvalue weighted by molar-refractivity contribution is -0.131. The van der Waals surface area contributed by atoms with Crippen molar-refractivity contribution in [3.8, 4) is 5.88 Å². The first-order valence-electron chi connectivity index (χ1n) is 8.12. The van der Waals surface area contributed by atoms with Gasteiger partial charge in [0.2, 0.25) is 17.7 Å². The number of aromatic nitrogens is 2. The van der Waals surface area contributed by atoms with Crippen molar-refractivity contribution < 1.29 is 13.9 Å². The number of halogens is 1. The summed E-state index contributed by atoms with van der Waals surface area (Å²) >= 11 is 0. The Bertz CT molecular complexity index is 776. The van der Waals surface area contributed by atoms with E-state index in [1.54, 1.807) is 4.90 Å². The van der Waals surface area contributed by atoms with Crippen LogP contribution in [0.3, 0.4) is 0 Å². The third-order valence-corrected chi connectivity index (χ3v) is 4.15. The van der Waals surface area contributed by atoms with Crippen LogP contribution in [-0.2, 0) is 11.3 Å². The molecule has 3 rings (SSSR count). The molecule has 2 aromatic rings. The molecule has 1 fully saturated rings. The van der Waals surface area contributed by atoms with E-state index in [0.29, 0.717) is 25.6 Å². The average Bonchev–Trinajstić information content (AvgIpc) is 2.56. The molecule has 0 atom stereocenters. The Hall–Kier alpha value is -2.70. The molecule has 2 heterocycles. The highest BCUT2D eigenvalue weighted by atomic mass is 19.1. The van der Waals surface area contributed by atoms with Gasteiger partial charge in [0.1, 0.15) is 6.54 Å². The minimum atomic E-state index is -0.619. The molecule has 0 spiro atoms. The molecular weight excluding hydrogens is 323 g/mol. The first-order chi connectivity index (χ1) is 12.0. The topological polar surface area (TPSA) is 58.6 Å². The minimum absolute atomic E-state index is 0.00250. The summed E-state index contributed by atoms with van der Waals surface area (Å²) in [6, 6.07) is 6.31. The van der Waals surface area contributed by atoms with E-state index < -0.39 is 5.82 Å². The summed E-state index contributed by atoms with van der Waals surface area (Å²) in [5.74, 6) is -0.434. The van der Waals surface area contributed by atoms with E-state index >= 15 is 0 Å². The second kappa shape index (κ2) is 7.04. The van der Waals surface area contributed by atoms with Crippen LogP contribution in [0.5, 0.6) is 5.88 Å². The van der Waals surface area contributed by atoms with Crippen LogP contribution in [-0.4, -0.2) is 47.5 Å². The largest absolute Gasteiger partial charge is 0.479 e. The van der Waals surface area contributed by atoms with Crippen molar-refractivity contribution in [1.82, 2.24) is 14.9 Å². The van der Waals surface area contributed by atoms with Crippen LogP contribution in [0.4, 0.5) is 10.3 Å². The van der Waals surface area contributed by atoms with E-state index in [4.69, 9.17) is 4.74 Å². The fourth-order valence-electron chi connectivity index (χ4n) is 3.07. The zero-order valence-electron chi connectivity index (χ0n) is 14.6. The number of rotatable bonds is 4. The first-order valence-corrected chi connectivity index (χ1v) is 8.12. The molecule has 25 heavy (non-hydrogen) atoms. The maximum Gasteiger partial charge on any atom is 0.255 e. The number of hydrogen-bond donors (Lipinski definition) is 0. The van der Waals surface area contributed by atoms with Crippen molar-refractivity contribution in [2.24, 2.45) is 0 Å². The predicted molar refractivity (Wildman–Crippen MR) is 92.1 cm³/mol. The zero-order chi connectivity index (χ0) is 18.0. The second-order valence-electron chi connectivity index (χ2n) is 6.26. The Morgan fingerprint density at radius 1 is 1.20 bits per heavy atom. The Morgan fingerprint density at radius 2 is 1.92 bits per heavy atom. The molecule has 1 aliphatic heterocycles. The van der Waals surface area contributed by atoms with Gasteiger partial charge < -0.3 is 14.5 Å². The second-order valence-corrected chi connectivity index (χ2v) is 6.26. The number of methoxy groups -OCH3 is 1. The van der Waals surface area contributed by atoms with E-state index in [0.717, 1.165) is 11.8 Å². The van der Waals surface area contributed by atoms with Gasteiger partial charge in [0, 0.05) is 19.6 Å². The van der Waals surface area contributed by atoms with Crippen molar-refractivity contribution >= 4 is 11.9 Å².